The van der Waals surface area contributed by atoms with Crippen molar-refractivity contribution in [3.8, 4) is 0 Å². The molecule has 0 radical (unpaired) electrons. The van der Waals surface area contributed by atoms with Crippen LogP contribution in [0.1, 0.15) is 40.0 Å². The molecule has 21 heavy (non-hydrogen) atoms. The topological polar surface area (TPSA) is 78.9 Å². The number of rotatable bonds is 4. The fourth-order valence-corrected chi connectivity index (χ4v) is 3.22. The van der Waals surface area contributed by atoms with Gasteiger partial charge in [0, 0.05) is 31.2 Å². The largest absolute Gasteiger partial charge is 0.481 e. The van der Waals surface area contributed by atoms with Crippen LogP contribution in [-0.2, 0) is 9.53 Å². The van der Waals surface area contributed by atoms with Crippen molar-refractivity contribution < 1.29 is 19.4 Å². The number of nitrogens with zero attached hydrogens (tertiary/aromatic N) is 1. The van der Waals surface area contributed by atoms with Crippen LogP contribution in [0.15, 0.2) is 0 Å². The van der Waals surface area contributed by atoms with Gasteiger partial charge in [-0.05, 0) is 26.2 Å². The molecular weight excluding hydrogens is 272 g/mol. The highest BCUT2D eigenvalue weighted by Crippen LogP contribution is 2.42. The molecule has 0 aromatic heterocycles. The number of carboxylic acid groups (broad SMARTS) is 1. The first-order valence-electron chi connectivity index (χ1n) is 7.76. The van der Waals surface area contributed by atoms with E-state index in [1.165, 1.54) is 0 Å². The first kappa shape index (κ1) is 16.1. The van der Waals surface area contributed by atoms with Crippen molar-refractivity contribution in [3.63, 3.8) is 0 Å². The van der Waals surface area contributed by atoms with Crippen LogP contribution < -0.4 is 5.32 Å². The zero-order valence-electron chi connectivity index (χ0n) is 13.1. The Morgan fingerprint density at radius 3 is 2.71 bits per heavy atom. The van der Waals surface area contributed by atoms with Crippen LogP contribution >= 0.6 is 0 Å². The molecule has 1 aliphatic carbocycles. The second kappa shape index (κ2) is 6.22. The summed E-state index contributed by atoms with van der Waals surface area (Å²) in [7, 11) is 0. The zero-order chi connectivity index (χ0) is 15.6. The van der Waals surface area contributed by atoms with E-state index >= 15 is 0 Å². The highest BCUT2D eigenvalue weighted by Gasteiger charge is 2.50. The van der Waals surface area contributed by atoms with Gasteiger partial charge < -0.3 is 20.1 Å². The molecule has 2 fully saturated rings. The molecule has 2 N–H and O–H groups in total. The van der Waals surface area contributed by atoms with Gasteiger partial charge in [0.2, 0.25) is 0 Å². The van der Waals surface area contributed by atoms with Crippen LogP contribution in [0.3, 0.4) is 0 Å². The third-order valence-electron chi connectivity index (χ3n) is 4.90. The van der Waals surface area contributed by atoms with Crippen molar-refractivity contribution in [2.75, 3.05) is 19.7 Å². The maximum Gasteiger partial charge on any atom is 0.317 e. The number of hydrogen-bond donors (Lipinski definition) is 2. The molecule has 0 spiro atoms. The van der Waals surface area contributed by atoms with Crippen molar-refractivity contribution in [2.24, 2.45) is 11.3 Å². The molecule has 120 valence electrons. The fraction of sp³-hybridized carbons (Fsp3) is 0.867. The predicted octanol–water partition coefficient (Wildman–Crippen LogP) is 1.70. The molecule has 1 saturated heterocycles. The Bertz CT molecular complexity index is 410. The summed E-state index contributed by atoms with van der Waals surface area (Å²) in [6.07, 6.45) is 2.41. The van der Waals surface area contributed by atoms with E-state index in [1.54, 1.807) is 4.90 Å². The Morgan fingerprint density at radius 2 is 2.14 bits per heavy atom. The molecule has 2 rings (SSSR count). The lowest BCUT2D eigenvalue weighted by atomic mass is 9.64. The van der Waals surface area contributed by atoms with E-state index in [9.17, 15) is 9.59 Å². The lowest BCUT2D eigenvalue weighted by Gasteiger charge is -2.52. The van der Waals surface area contributed by atoms with Crippen molar-refractivity contribution >= 4 is 12.0 Å². The fourth-order valence-electron chi connectivity index (χ4n) is 3.22. The molecule has 2 aliphatic rings. The summed E-state index contributed by atoms with van der Waals surface area (Å²) in [6.45, 7) is 7.79. The maximum absolute atomic E-state index is 12.3. The van der Waals surface area contributed by atoms with Gasteiger partial charge in [0.1, 0.15) is 0 Å². The van der Waals surface area contributed by atoms with E-state index in [-0.39, 0.29) is 23.6 Å². The van der Waals surface area contributed by atoms with Crippen LogP contribution in [-0.4, -0.2) is 53.8 Å². The Balaban J connectivity index is 1.86. The molecule has 0 bridgehead atoms. The van der Waals surface area contributed by atoms with Crippen LogP contribution in [0.4, 0.5) is 4.79 Å². The third-order valence-corrected chi connectivity index (χ3v) is 4.90. The monoisotopic (exact) mass is 298 g/mol. The second-order valence-electron chi connectivity index (χ2n) is 6.63. The van der Waals surface area contributed by atoms with E-state index < -0.39 is 11.9 Å². The lowest BCUT2D eigenvalue weighted by molar-refractivity contribution is -0.143. The summed E-state index contributed by atoms with van der Waals surface area (Å²) in [6, 6.07) is -0.0549. The van der Waals surface area contributed by atoms with E-state index in [0.717, 1.165) is 12.8 Å². The molecule has 2 amide bonds. The van der Waals surface area contributed by atoms with Gasteiger partial charge in [0.15, 0.2) is 0 Å². The smallest absolute Gasteiger partial charge is 0.317 e. The molecule has 0 aromatic carbocycles. The first-order valence-corrected chi connectivity index (χ1v) is 7.76. The minimum atomic E-state index is -0.812. The summed E-state index contributed by atoms with van der Waals surface area (Å²) >= 11 is 0. The van der Waals surface area contributed by atoms with Crippen LogP contribution in [0, 0.1) is 11.3 Å². The summed E-state index contributed by atoms with van der Waals surface area (Å²) in [4.78, 5) is 25.0. The number of amides is 2. The minimum Gasteiger partial charge on any atom is -0.481 e. The normalized spacial score (nSPS) is 31.4. The van der Waals surface area contributed by atoms with Gasteiger partial charge in [-0.1, -0.05) is 13.8 Å². The SMILES string of the molecule is CCOC1CC(NC(=O)N2CCC[C@H](C(=O)O)C2)C1(C)C. The second-order valence-corrected chi connectivity index (χ2v) is 6.63. The van der Waals surface area contributed by atoms with E-state index in [0.29, 0.717) is 26.1 Å². The van der Waals surface area contributed by atoms with Gasteiger partial charge in [0.25, 0.3) is 0 Å². The Labute approximate surface area is 125 Å². The van der Waals surface area contributed by atoms with Crippen molar-refractivity contribution in [2.45, 2.75) is 52.2 Å². The van der Waals surface area contributed by atoms with E-state index in [2.05, 4.69) is 19.2 Å². The standard InChI is InChI=1S/C15H26N2O4/c1-4-21-12-8-11(15(12,2)3)16-14(20)17-7-5-6-10(9-17)13(18)19/h10-12H,4-9H2,1-3H3,(H,16,20)(H,18,19)/t10-,11?,12?/m0/s1. The summed E-state index contributed by atoms with van der Waals surface area (Å²) < 4.78 is 5.66. The molecule has 1 saturated carbocycles. The number of likely N-dealkylation sites (tertiary alicyclic amines) is 1. The average Bonchev–Trinajstić information content (AvgIpc) is 2.46. The Hall–Kier alpha value is -1.30. The Morgan fingerprint density at radius 1 is 1.43 bits per heavy atom. The first-order chi connectivity index (χ1) is 9.86. The number of urea groups is 1. The van der Waals surface area contributed by atoms with Crippen molar-refractivity contribution in [1.29, 1.82) is 0 Å². The summed E-state index contributed by atoms with van der Waals surface area (Å²) in [5, 5.41) is 12.1. The molecule has 3 atom stereocenters. The highest BCUT2D eigenvalue weighted by molar-refractivity contribution is 5.77. The third kappa shape index (κ3) is 3.31. The van der Waals surface area contributed by atoms with E-state index in [4.69, 9.17) is 9.84 Å². The molecule has 0 aromatic rings. The van der Waals surface area contributed by atoms with Crippen LogP contribution in [0.25, 0.3) is 0 Å². The van der Waals surface area contributed by atoms with Crippen molar-refractivity contribution in [1.82, 2.24) is 10.2 Å². The molecule has 1 heterocycles. The molecular formula is C15H26N2O4. The minimum absolute atomic E-state index is 0.0757. The molecule has 6 heteroatoms. The Kier molecular flexibility index (Phi) is 4.76. The molecule has 2 unspecified atom stereocenters. The molecule has 1 aliphatic heterocycles. The quantitative estimate of drug-likeness (QED) is 0.828. The van der Waals surface area contributed by atoms with Gasteiger partial charge in [-0.2, -0.15) is 0 Å². The van der Waals surface area contributed by atoms with E-state index in [1.807, 2.05) is 6.92 Å². The van der Waals surface area contributed by atoms with Gasteiger partial charge in [-0.25, -0.2) is 4.79 Å². The number of piperidine rings is 1. The average molecular weight is 298 g/mol. The van der Waals surface area contributed by atoms with Crippen LogP contribution in [0.5, 0.6) is 0 Å². The lowest BCUT2D eigenvalue weighted by Crippen LogP contribution is -2.64. The number of carbonyl (C=O) groups excluding carboxylic acids is 1. The highest BCUT2D eigenvalue weighted by atomic mass is 16.5. The number of carbonyl (C=O) groups is 2. The number of nitrogens with one attached hydrogen (secondary N) is 1. The number of carboxylic acids is 1. The number of hydrogen-bond acceptors (Lipinski definition) is 3. The zero-order valence-corrected chi connectivity index (χ0v) is 13.1. The summed E-state index contributed by atoms with van der Waals surface area (Å²) in [5.74, 6) is -1.25. The number of aliphatic carboxylic acids is 1. The number of ether oxygens (including phenoxy) is 1. The van der Waals surface area contributed by atoms with Crippen molar-refractivity contribution in [3.05, 3.63) is 0 Å². The summed E-state index contributed by atoms with van der Waals surface area (Å²) in [5.41, 5.74) is -0.0757. The van der Waals surface area contributed by atoms with Gasteiger partial charge >= 0.3 is 12.0 Å². The maximum atomic E-state index is 12.3. The van der Waals surface area contributed by atoms with Gasteiger partial charge in [0.05, 0.1) is 12.0 Å². The van der Waals surface area contributed by atoms with Crippen LogP contribution in [0.2, 0.25) is 0 Å². The molecule has 6 nitrogen and oxygen atoms in total. The predicted molar refractivity (Wildman–Crippen MR) is 78.1 cm³/mol. The van der Waals surface area contributed by atoms with Gasteiger partial charge in [-0.3, -0.25) is 4.79 Å². The van der Waals surface area contributed by atoms with Gasteiger partial charge in [-0.15, -0.1) is 0 Å².